The number of hydrogen-bond acceptors (Lipinski definition) is 0. The van der Waals surface area contributed by atoms with Crippen LogP contribution in [0.2, 0.25) is 0 Å². The first kappa shape index (κ1) is 33.9. The molecular formula is C42H24Br6. The van der Waals surface area contributed by atoms with E-state index in [2.05, 4.69) is 241 Å². The molecule has 0 unspecified atom stereocenters. The largest absolute Gasteiger partial charge is 0.0605 e. The zero-order chi connectivity index (χ0) is 33.4. The Bertz CT molecular complexity index is 1880. The summed E-state index contributed by atoms with van der Waals surface area (Å²) in [6.07, 6.45) is 0. The quantitative estimate of drug-likeness (QED) is 0.156. The molecule has 7 aromatic carbocycles. The number of hydrogen-bond donors (Lipinski definition) is 0. The molecule has 6 heteroatoms. The highest BCUT2D eigenvalue weighted by Crippen LogP contribution is 2.56. The summed E-state index contributed by atoms with van der Waals surface area (Å²) in [4.78, 5) is 0. The lowest BCUT2D eigenvalue weighted by Crippen LogP contribution is -2.02. The van der Waals surface area contributed by atoms with Gasteiger partial charge in [-0.1, -0.05) is 168 Å². The minimum atomic E-state index is 1.02. The molecule has 0 bridgehead atoms. The third-order valence-corrected chi connectivity index (χ3v) is 11.1. The van der Waals surface area contributed by atoms with Crippen molar-refractivity contribution < 1.29 is 0 Å². The molecule has 0 N–H and O–H groups in total. The predicted octanol–water partition coefficient (Wildman–Crippen LogP) is 16.3. The maximum absolute atomic E-state index is 3.82. The molecule has 0 aliphatic rings. The van der Waals surface area contributed by atoms with E-state index in [1.807, 2.05) is 0 Å². The second kappa shape index (κ2) is 14.7. The summed E-state index contributed by atoms with van der Waals surface area (Å²) in [6.45, 7) is 0. The molecular weight excluding hydrogens is 984 g/mol. The molecule has 0 radical (unpaired) electrons. The number of benzene rings is 7. The van der Waals surface area contributed by atoms with Crippen molar-refractivity contribution >= 4 is 95.6 Å². The lowest BCUT2D eigenvalue weighted by Gasteiger charge is -2.29. The van der Waals surface area contributed by atoms with E-state index >= 15 is 0 Å². The van der Waals surface area contributed by atoms with Gasteiger partial charge in [0, 0.05) is 26.8 Å². The number of halogens is 6. The van der Waals surface area contributed by atoms with E-state index in [1.165, 1.54) is 0 Å². The standard InChI is InChI=1S/C42H24Br6/c43-31-13-1-7-25(19-31)37-38(26-8-2-14-32(44)20-26)40(28-10-4-16-34(46)22-28)42(30-12-6-18-36(48)24-30)41(29-11-5-17-35(47)23-29)39(37)27-9-3-15-33(45)21-27/h1-24H. The summed E-state index contributed by atoms with van der Waals surface area (Å²) in [6, 6.07) is 51.9. The molecule has 0 amide bonds. The zero-order valence-electron chi connectivity index (χ0n) is 25.1. The van der Waals surface area contributed by atoms with Gasteiger partial charge in [-0.2, -0.15) is 0 Å². The molecule has 0 saturated carbocycles. The Labute approximate surface area is 331 Å². The van der Waals surface area contributed by atoms with Crippen molar-refractivity contribution in [3.8, 4) is 66.8 Å². The van der Waals surface area contributed by atoms with Crippen molar-refractivity contribution in [2.75, 3.05) is 0 Å². The third-order valence-electron chi connectivity index (χ3n) is 8.18. The first-order chi connectivity index (χ1) is 23.3. The fourth-order valence-electron chi connectivity index (χ4n) is 6.35. The van der Waals surface area contributed by atoms with Crippen LogP contribution in [0.25, 0.3) is 66.8 Å². The van der Waals surface area contributed by atoms with Crippen molar-refractivity contribution in [1.82, 2.24) is 0 Å². The molecule has 48 heavy (non-hydrogen) atoms. The normalized spacial score (nSPS) is 11.1. The summed E-state index contributed by atoms with van der Waals surface area (Å²) in [5.41, 5.74) is 13.6. The van der Waals surface area contributed by atoms with Crippen LogP contribution in [0.5, 0.6) is 0 Å². The van der Waals surface area contributed by atoms with Crippen molar-refractivity contribution in [3.63, 3.8) is 0 Å². The molecule has 0 nitrogen and oxygen atoms in total. The highest BCUT2D eigenvalue weighted by molar-refractivity contribution is 9.11. The van der Waals surface area contributed by atoms with Crippen molar-refractivity contribution in [2.45, 2.75) is 0 Å². The SMILES string of the molecule is Brc1cccc(-c2c(-c3cccc(Br)c3)c(-c3cccc(Br)c3)c(-c3cccc(Br)c3)c(-c3cccc(Br)c3)c2-c2cccc(Br)c2)c1. The molecule has 7 rings (SSSR count). The van der Waals surface area contributed by atoms with Crippen LogP contribution in [0.4, 0.5) is 0 Å². The smallest absolute Gasteiger partial charge is 0.0181 e. The second-order valence-corrected chi connectivity index (χ2v) is 16.8. The lowest BCUT2D eigenvalue weighted by molar-refractivity contribution is 1.49. The van der Waals surface area contributed by atoms with E-state index in [1.54, 1.807) is 0 Å². The minimum absolute atomic E-state index is 1.02. The van der Waals surface area contributed by atoms with Crippen LogP contribution in [0.1, 0.15) is 0 Å². The van der Waals surface area contributed by atoms with Gasteiger partial charge in [0.1, 0.15) is 0 Å². The Morgan fingerprint density at radius 1 is 0.208 bits per heavy atom. The van der Waals surface area contributed by atoms with Gasteiger partial charge >= 0.3 is 0 Å². The summed E-state index contributed by atoms with van der Waals surface area (Å²) < 4.78 is 6.11. The van der Waals surface area contributed by atoms with Crippen LogP contribution in [0, 0.1) is 0 Å². The van der Waals surface area contributed by atoms with Crippen LogP contribution in [0.3, 0.4) is 0 Å². The lowest BCUT2D eigenvalue weighted by atomic mass is 9.74. The summed E-state index contributed by atoms with van der Waals surface area (Å²) in [7, 11) is 0. The van der Waals surface area contributed by atoms with E-state index in [-0.39, 0.29) is 0 Å². The molecule has 0 spiro atoms. The van der Waals surface area contributed by atoms with Crippen molar-refractivity contribution in [2.24, 2.45) is 0 Å². The van der Waals surface area contributed by atoms with Crippen molar-refractivity contribution in [1.29, 1.82) is 0 Å². The molecule has 0 saturated heterocycles. The van der Waals surface area contributed by atoms with E-state index in [9.17, 15) is 0 Å². The highest BCUT2D eigenvalue weighted by Gasteiger charge is 2.29. The first-order valence-corrected chi connectivity index (χ1v) is 19.8. The topological polar surface area (TPSA) is 0 Å². The Hall–Kier alpha value is -2.58. The monoisotopic (exact) mass is 1000 g/mol. The predicted molar refractivity (Wildman–Crippen MR) is 225 cm³/mol. The van der Waals surface area contributed by atoms with Crippen LogP contribution >= 0.6 is 95.6 Å². The van der Waals surface area contributed by atoms with Crippen LogP contribution < -0.4 is 0 Å². The fourth-order valence-corrected chi connectivity index (χ4v) is 8.74. The molecule has 0 aliphatic heterocycles. The van der Waals surface area contributed by atoms with Gasteiger partial charge in [-0.05, 0) is 140 Å². The van der Waals surface area contributed by atoms with E-state index < -0.39 is 0 Å². The average Bonchev–Trinajstić information content (AvgIpc) is 3.07. The summed E-state index contributed by atoms with van der Waals surface area (Å²) in [5.74, 6) is 0. The molecule has 0 heterocycles. The van der Waals surface area contributed by atoms with Crippen molar-refractivity contribution in [3.05, 3.63) is 172 Å². The van der Waals surface area contributed by atoms with Gasteiger partial charge in [-0.15, -0.1) is 0 Å². The maximum Gasteiger partial charge on any atom is 0.0181 e. The second-order valence-electron chi connectivity index (χ2n) is 11.3. The van der Waals surface area contributed by atoms with Crippen LogP contribution in [-0.2, 0) is 0 Å². The molecule has 0 atom stereocenters. The summed E-state index contributed by atoms with van der Waals surface area (Å²) >= 11 is 22.9. The Morgan fingerprint density at radius 3 is 0.479 bits per heavy atom. The molecule has 7 aromatic rings. The van der Waals surface area contributed by atoms with Gasteiger partial charge < -0.3 is 0 Å². The Kier molecular flexibility index (Phi) is 10.4. The third kappa shape index (κ3) is 7.03. The maximum atomic E-state index is 3.82. The Balaban J connectivity index is 1.86. The zero-order valence-corrected chi connectivity index (χ0v) is 34.6. The van der Waals surface area contributed by atoms with Crippen LogP contribution in [-0.4, -0.2) is 0 Å². The van der Waals surface area contributed by atoms with Crippen LogP contribution in [0.15, 0.2) is 172 Å². The van der Waals surface area contributed by atoms with Gasteiger partial charge in [0.25, 0.3) is 0 Å². The van der Waals surface area contributed by atoms with Gasteiger partial charge in [-0.25, -0.2) is 0 Å². The van der Waals surface area contributed by atoms with Gasteiger partial charge in [0.15, 0.2) is 0 Å². The van der Waals surface area contributed by atoms with E-state index in [4.69, 9.17) is 0 Å². The summed E-state index contributed by atoms with van der Waals surface area (Å²) in [5, 5.41) is 0. The highest BCUT2D eigenvalue weighted by atomic mass is 79.9. The first-order valence-electron chi connectivity index (χ1n) is 15.1. The van der Waals surface area contributed by atoms with E-state index in [0.29, 0.717) is 0 Å². The molecule has 0 fully saturated rings. The molecule has 0 aromatic heterocycles. The molecule has 0 aliphatic carbocycles. The average molecular weight is 1010 g/mol. The number of rotatable bonds is 6. The van der Waals surface area contributed by atoms with Gasteiger partial charge in [-0.3, -0.25) is 0 Å². The van der Waals surface area contributed by atoms with Gasteiger partial charge in [0.05, 0.1) is 0 Å². The Morgan fingerprint density at radius 2 is 0.354 bits per heavy atom. The molecule has 234 valence electrons. The fraction of sp³-hybridized carbons (Fsp3) is 0. The minimum Gasteiger partial charge on any atom is -0.0605 e. The van der Waals surface area contributed by atoms with Gasteiger partial charge in [0.2, 0.25) is 0 Å². The van der Waals surface area contributed by atoms with E-state index in [0.717, 1.165) is 93.6 Å².